The predicted molar refractivity (Wildman–Crippen MR) is 242 cm³/mol. The van der Waals surface area contributed by atoms with E-state index in [9.17, 15) is 14.7 Å². The van der Waals surface area contributed by atoms with E-state index in [0.717, 1.165) is 58.4 Å². The lowest BCUT2D eigenvalue weighted by molar-refractivity contribution is -0.255. The zero-order chi connectivity index (χ0) is 43.1. The fourth-order valence-corrected chi connectivity index (χ4v) is 9.28. The van der Waals surface area contributed by atoms with Crippen LogP contribution in [0, 0.1) is 5.92 Å². The number of para-hydroxylation sites is 1. The minimum atomic E-state index is -0.610. The minimum absolute atomic E-state index is 0.0155. The first kappa shape index (κ1) is 43.1. The summed E-state index contributed by atoms with van der Waals surface area (Å²) in [6.07, 6.45) is 6.35. The number of carbonyl (C=O) groups excluding carboxylic acids is 2. The Kier molecular flexibility index (Phi) is 13.7. The third kappa shape index (κ3) is 11.1. The summed E-state index contributed by atoms with van der Waals surface area (Å²) in [6, 6.07) is 41.2. The number of fused-ring (bicyclic) bond motifs is 1. The van der Waals surface area contributed by atoms with E-state index in [1.54, 1.807) is 0 Å². The molecule has 2 aliphatic heterocycles. The Morgan fingerprint density at radius 2 is 1.47 bits per heavy atom. The van der Waals surface area contributed by atoms with Crippen molar-refractivity contribution in [1.29, 1.82) is 0 Å². The number of nitrogens with one attached hydrogen (secondary N) is 3. The summed E-state index contributed by atoms with van der Waals surface area (Å²) in [4.78, 5) is 29.2. The lowest BCUT2D eigenvalue weighted by Crippen LogP contribution is -2.61. The number of carbonyl (C=O) groups is 2. The molecule has 4 N–H and O–H groups in total. The van der Waals surface area contributed by atoms with Gasteiger partial charge in [0.05, 0.1) is 24.9 Å². The first-order valence-electron chi connectivity index (χ1n) is 22.2. The van der Waals surface area contributed by atoms with Gasteiger partial charge in [-0.3, -0.25) is 9.69 Å². The molecular formula is C52H60N4O6. The summed E-state index contributed by atoms with van der Waals surface area (Å²) in [6.45, 7) is 7.14. The van der Waals surface area contributed by atoms with Crippen molar-refractivity contribution in [2.24, 2.45) is 5.92 Å². The highest BCUT2D eigenvalue weighted by Crippen LogP contribution is 2.42. The summed E-state index contributed by atoms with van der Waals surface area (Å²) >= 11 is 0. The van der Waals surface area contributed by atoms with Gasteiger partial charge in [0.15, 0.2) is 6.29 Å². The highest BCUT2D eigenvalue weighted by Gasteiger charge is 2.44. The van der Waals surface area contributed by atoms with Crippen LogP contribution in [-0.4, -0.2) is 52.2 Å². The maximum atomic E-state index is 13.9. The molecule has 62 heavy (non-hydrogen) atoms. The monoisotopic (exact) mass is 836 g/mol. The van der Waals surface area contributed by atoms with Gasteiger partial charge in [-0.1, -0.05) is 97.8 Å². The van der Waals surface area contributed by atoms with E-state index in [1.807, 2.05) is 112 Å². The average molecular weight is 837 g/mol. The van der Waals surface area contributed by atoms with Crippen molar-refractivity contribution in [3.05, 3.63) is 150 Å². The van der Waals surface area contributed by atoms with Gasteiger partial charge in [0.1, 0.15) is 11.5 Å². The van der Waals surface area contributed by atoms with Crippen LogP contribution in [-0.2, 0) is 27.4 Å². The first-order chi connectivity index (χ1) is 30.1. The molecule has 324 valence electrons. The van der Waals surface area contributed by atoms with Crippen molar-refractivity contribution >= 4 is 17.6 Å². The number of amides is 3. The predicted octanol–water partition coefficient (Wildman–Crippen LogP) is 10.4. The van der Waals surface area contributed by atoms with Crippen LogP contribution in [0.25, 0.3) is 11.1 Å². The molecule has 0 aromatic heterocycles. The van der Waals surface area contributed by atoms with Crippen molar-refractivity contribution in [2.45, 2.75) is 115 Å². The van der Waals surface area contributed by atoms with E-state index in [1.165, 1.54) is 19.3 Å². The van der Waals surface area contributed by atoms with Gasteiger partial charge in [-0.25, -0.2) is 4.79 Å². The van der Waals surface area contributed by atoms with Crippen LogP contribution in [0.3, 0.4) is 0 Å². The van der Waals surface area contributed by atoms with E-state index in [0.29, 0.717) is 42.9 Å². The van der Waals surface area contributed by atoms with Crippen LogP contribution in [0.1, 0.15) is 100 Å². The standard InChI is InChI=1S/C52H60N4O6/c1-52(2,3)55-49(58)47-29-24-38-11-7-8-15-46(38)56(47)33-45-31-48(39-18-16-35(34-57)17-19-39)62-50(61-45)40-22-20-37(21-23-40)41-12-9-10-36(30-41)32-53-51(59)54-42-25-27-44(28-26-42)60-43-13-5-4-6-14-43/h4-6,9-10,12-14,16-23,25-28,30,38,45-48,50,57H,7-8,11,15,24,29,31-34H2,1-3H3,(H,55,58)(H2,53,54,59). The van der Waals surface area contributed by atoms with Crippen molar-refractivity contribution in [1.82, 2.24) is 15.5 Å². The number of hydrogen-bond donors (Lipinski definition) is 4. The second-order valence-corrected chi connectivity index (χ2v) is 18.1. The fourth-order valence-electron chi connectivity index (χ4n) is 9.28. The molecule has 0 bridgehead atoms. The number of likely N-dealkylation sites (tertiary alicyclic amines) is 1. The second-order valence-electron chi connectivity index (χ2n) is 18.1. The average Bonchev–Trinajstić information content (AvgIpc) is 3.29. The highest BCUT2D eigenvalue weighted by atomic mass is 16.7. The molecule has 10 heteroatoms. The van der Waals surface area contributed by atoms with Crippen LogP contribution in [0.5, 0.6) is 11.5 Å². The van der Waals surface area contributed by atoms with E-state index < -0.39 is 6.29 Å². The molecule has 1 saturated carbocycles. The van der Waals surface area contributed by atoms with E-state index in [2.05, 4.69) is 57.2 Å². The van der Waals surface area contributed by atoms with Gasteiger partial charge >= 0.3 is 6.03 Å². The maximum Gasteiger partial charge on any atom is 0.319 e. The molecular weight excluding hydrogens is 777 g/mol. The molecule has 8 rings (SSSR count). The number of piperidine rings is 1. The lowest BCUT2D eigenvalue weighted by Gasteiger charge is -2.50. The van der Waals surface area contributed by atoms with Crippen LogP contribution >= 0.6 is 0 Å². The van der Waals surface area contributed by atoms with Crippen molar-refractivity contribution in [3.8, 4) is 22.6 Å². The van der Waals surface area contributed by atoms with Gasteiger partial charge < -0.3 is 35.3 Å². The van der Waals surface area contributed by atoms with Crippen molar-refractivity contribution in [2.75, 3.05) is 11.9 Å². The summed E-state index contributed by atoms with van der Waals surface area (Å²) in [5.41, 5.74) is 6.20. The zero-order valence-electron chi connectivity index (χ0n) is 36.1. The third-order valence-corrected chi connectivity index (χ3v) is 12.3. The molecule has 6 unspecified atom stereocenters. The topological polar surface area (TPSA) is 121 Å². The van der Waals surface area contributed by atoms with Crippen LogP contribution in [0.2, 0.25) is 0 Å². The number of aliphatic hydroxyl groups is 1. The normalized spacial score (nSPS) is 22.8. The van der Waals surface area contributed by atoms with Gasteiger partial charge in [0.25, 0.3) is 0 Å². The third-order valence-electron chi connectivity index (χ3n) is 12.3. The molecule has 3 aliphatic rings. The van der Waals surface area contributed by atoms with Crippen LogP contribution < -0.4 is 20.7 Å². The fraction of sp³-hybridized carbons (Fsp3) is 0.385. The number of benzene rings is 5. The molecule has 0 spiro atoms. The quantitative estimate of drug-likeness (QED) is 0.0987. The zero-order valence-corrected chi connectivity index (χ0v) is 36.1. The number of urea groups is 1. The minimum Gasteiger partial charge on any atom is -0.457 e. The highest BCUT2D eigenvalue weighted by molar-refractivity contribution is 5.89. The van der Waals surface area contributed by atoms with Gasteiger partial charge in [-0.2, -0.15) is 0 Å². The molecule has 0 radical (unpaired) electrons. The van der Waals surface area contributed by atoms with Crippen molar-refractivity contribution in [3.63, 3.8) is 0 Å². The first-order valence-corrected chi connectivity index (χ1v) is 22.2. The summed E-state index contributed by atoms with van der Waals surface area (Å²) in [7, 11) is 0. The largest absolute Gasteiger partial charge is 0.457 e. The number of aliphatic hydroxyl groups excluding tert-OH is 1. The molecule has 2 heterocycles. The Labute approximate surface area is 366 Å². The van der Waals surface area contributed by atoms with Gasteiger partial charge in [-0.05, 0) is 123 Å². The number of anilines is 1. The smallest absolute Gasteiger partial charge is 0.319 e. The van der Waals surface area contributed by atoms with Gasteiger partial charge in [-0.15, -0.1) is 0 Å². The number of rotatable bonds is 12. The molecule has 10 nitrogen and oxygen atoms in total. The molecule has 3 fully saturated rings. The van der Waals surface area contributed by atoms with Gasteiger partial charge in [0, 0.05) is 42.3 Å². The molecule has 5 aromatic carbocycles. The van der Waals surface area contributed by atoms with Crippen LogP contribution in [0.4, 0.5) is 10.5 Å². The molecule has 3 amide bonds. The number of ether oxygens (including phenoxy) is 3. The summed E-state index contributed by atoms with van der Waals surface area (Å²) in [5, 5.41) is 18.9. The molecule has 5 aromatic rings. The number of hydrogen-bond acceptors (Lipinski definition) is 7. The summed E-state index contributed by atoms with van der Waals surface area (Å²) < 4.78 is 19.5. The Morgan fingerprint density at radius 1 is 0.742 bits per heavy atom. The van der Waals surface area contributed by atoms with E-state index in [4.69, 9.17) is 14.2 Å². The maximum absolute atomic E-state index is 13.9. The Bertz CT molecular complexity index is 2240. The Balaban J connectivity index is 0.941. The SMILES string of the molecule is CC(C)(C)NC(=O)C1CCC2CCCCC2N1CC1CC(c2ccc(CO)cc2)OC(c2ccc(-c3cccc(CNC(=O)Nc4ccc(Oc5ccccc5)cc4)c3)cc2)O1. The van der Waals surface area contributed by atoms with Gasteiger partial charge in [0.2, 0.25) is 5.91 Å². The molecule has 1 aliphatic carbocycles. The summed E-state index contributed by atoms with van der Waals surface area (Å²) in [5.74, 6) is 2.14. The molecule has 2 saturated heterocycles. The van der Waals surface area contributed by atoms with Crippen molar-refractivity contribution < 1.29 is 28.9 Å². The Hall–Kier alpha value is -5.52. The number of nitrogens with zero attached hydrogens (tertiary/aromatic N) is 1. The van der Waals surface area contributed by atoms with E-state index in [-0.39, 0.29) is 42.3 Å². The van der Waals surface area contributed by atoms with Crippen LogP contribution in [0.15, 0.2) is 127 Å². The lowest BCUT2D eigenvalue weighted by atomic mass is 9.75. The Morgan fingerprint density at radius 3 is 2.21 bits per heavy atom. The van der Waals surface area contributed by atoms with E-state index >= 15 is 0 Å². The second kappa shape index (κ2) is 19.7. The molecule has 6 atom stereocenters.